The van der Waals surface area contributed by atoms with E-state index >= 15 is 0 Å². The highest BCUT2D eigenvalue weighted by atomic mass is 16.1. The lowest BCUT2D eigenvalue weighted by molar-refractivity contribution is -0.114. The van der Waals surface area contributed by atoms with Gasteiger partial charge in [0, 0.05) is 29.7 Å². The van der Waals surface area contributed by atoms with E-state index in [0.717, 1.165) is 22.4 Å². The van der Waals surface area contributed by atoms with Gasteiger partial charge in [-0.2, -0.15) is 4.98 Å². The van der Waals surface area contributed by atoms with Gasteiger partial charge in [-0.25, -0.2) is 4.98 Å². The molecule has 4 rings (SSSR count). The van der Waals surface area contributed by atoms with E-state index < -0.39 is 0 Å². The standard InChI is InChI=1S/C24H23N5O/c1-16(18-9-4-3-5-10-18)25-23-21-13-6-7-14-22(21)28-24(29-23)27-20-12-8-11-19(15-20)26-17(2)30/h3-16H,1-2H3,(H,26,30)(H2,25,27,28,29)/t16-/m0/s1. The molecule has 30 heavy (non-hydrogen) atoms. The second-order valence-corrected chi connectivity index (χ2v) is 7.08. The molecule has 0 aliphatic carbocycles. The molecule has 1 amide bonds. The average Bonchev–Trinajstić information content (AvgIpc) is 2.74. The van der Waals surface area contributed by atoms with Crippen molar-refractivity contribution in [1.82, 2.24) is 9.97 Å². The fourth-order valence-electron chi connectivity index (χ4n) is 3.28. The van der Waals surface area contributed by atoms with Crippen LogP contribution in [0.1, 0.15) is 25.5 Å². The van der Waals surface area contributed by atoms with Crippen molar-refractivity contribution in [3.8, 4) is 0 Å². The van der Waals surface area contributed by atoms with Crippen molar-refractivity contribution < 1.29 is 4.79 Å². The fourth-order valence-corrected chi connectivity index (χ4v) is 3.28. The Morgan fingerprint density at radius 1 is 0.867 bits per heavy atom. The number of hydrogen-bond acceptors (Lipinski definition) is 5. The number of rotatable bonds is 6. The second-order valence-electron chi connectivity index (χ2n) is 7.08. The predicted molar refractivity (Wildman–Crippen MR) is 122 cm³/mol. The molecule has 4 aromatic rings. The number of aromatic nitrogens is 2. The topological polar surface area (TPSA) is 78.9 Å². The number of amides is 1. The van der Waals surface area contributed by atoms with Crippen molar-refractivity contribution in [3.05, 3.63) is 84.4 Å². The number of carbonyl (C=O) groups is 1. The van der Waals surface area contributed by atoms with Crippen molar-refractivity contribution in [2.24, 2.45) is 0 Å². The van der Waals surface area contributed by atoms with Crippen LogP contribution in [0.3, 0.4) is 0 Å². The molecule has 0 saturated carbocycles. The van der Waals surface area contributed by atoms with E-state index in [4.69, 9.17) is 4.98 Å². The van der Waals surface area contributed by atoms with Gasteiger partial charge in [-0.15, -0.1) is 0 Å². The maximum Gasteiger partial charge on any atom is 0.229 e. The van der Waals surface area contributed by atoms with Crippen LogP contribution in [-0.2, 0) is 4.79 Å². The van der Waals surface area contributed by atoms with E-state index in [0.29, 0.717) is 11.6 Å². The van der Waals surface area contributed by atoms with Crippen LogP contribution in [-0.4, -0.2) is 15.9 Å². The van der Waals surface area contributed by atoms with E-state index in [-0.39, 0.29) is 11.9 Å². The first-order valence-electron chi connectivity index (χ1n) is 9.81. The molecule has 3 aromatic carbocycles. The Labute approximate surface area is 175 Å². The van der Waals surface area contributed by atoms with Gasteiger partial charge < -0.3 is 16.0 Å². The Kier molecular flexibility index (Phi) is 5.57. The molecule has 1 aromatic heterocycles. The molecule has 0 unspecified atom stereocenters. The molecule has 6 heteroatoms. The zero-order valence-corrected chi connectivity index (χ0v) is 16.9. The molecule has 0 radical (unpaired) electrons. The van der Waals surface area contributed by atoms with Crippen LogP contribution in [0.25, 0.3) is 10.9 Å². The summed E-state index contributed by atoms with van der Waals surface area (Å²) in [5.41, 5.74) is 3.52. The van der Waals surface area contributed by atoms with E-state index in [2.05, 4.69) is 40.0 Å². The van der Waals surface area contributed by atoms with Gasteiger partial charge in [0.15, 0.2) is 0 Å². The molecule has 0 bridgehead atoms. The minimum absolute atomic E-state index is 0.0838. The Hall–Kier alpha value is -3.93. The summed E-state index contributed by atoms with van der Waals surface area (Å²) in [7, 11) is 0. The predicted octanol–water partition coefficient (Wildman–Crippen LogP) is 5.50. The number of hydrogen-bond donors (Lipinski definition) is 3. The van der Waals surface area contributed by atoms with Crippen molar-refractivity contribution in [1.29, 1.82) is 0 Å². The Morgan fingerprint density at radius 2 is 1.60 bits per heavy atom. The quantitative estimate of drug-likeness (QED) is 0.400. The van der Waals surface area contributed by atoms with Crippen LogP contribution < -0.4 is 16.0 Å². The fraction of sp³-hybridized carbons (Fsp3) is 0.125. The summed E-state index contributed by atoms with van der Waals surface area (Å²) in [6.45, 7) is 3.59. The average molecular weight is 397 g/mol. The Balaban J connectivity index is 1.66. The van der Waals surface area contributed by atoms with Crippen molar-refractivity contribution >= 4 is 40.0 Å². The third-order valence-corrected chi connectivity index (χ3v) is 4.70. The highest BCUT2D eigenvalue weighted by molar-refractivity contribution is 5.91. The number of para-hydroxylation sites is 1. The summed E-state index contributed by atoms with van der Waals surface area (Å²) in [4.78, 5) is 20.7. The molecular formula is C24H23N5O. The highest BCUT2D eigenvalue weighted by Crippen LogP contribution is 2.27. The number of nitrogens with zero attached hydrogens (tertiary/aromatic N) is 2. The largest absolute Gasteiger partial charge is 0.363 e. The highest BCUT2D eigenvalue weighted by Gasteiger charge is 2.12. The van der Waals surface area contributed by atoms with Crippen LogP contribution in [0, 0.1) is 0 Å². The molecule has 150 valence electrons. The lowest BCUT2D eigenvalue weighted by Crippen LogP contribution is -2.10. The van der Waals surface area contributed by atoms with E-state index in [1.807, 2.05) is 66.7 Å². The molecule has 0 fully saturated rings. The normalized spacial score (nSPS) is 11.7. The van der Waals surface area contributed by atoms with Crippen molar-refractivity contribution in [2.75, 3.05) is 16.0 Å². The number of anilines is 4. The van der Waals surface area contributed by atoms with Crippen molar-refractivity contribution in [3.63, 3.8) is 0 Å². The van der Waals surface area contributed by atoms with Gasteiger partial charge in [0.2, 0.25) is 11.9 Å². The summed E-state index contributed by atoms with van der Waals surface area (Å²) in [6.07, 6.45) is 0. The van der Waals surface area contributed by atoms with Crippen molar-refractivity contribution in [2.45, 2.75) is 19.9 Å². The monoisotopic (exact) mass is 397 g/mol. The van der Waals surface area contributed by atoms with Crippen LogP contribution in [0.5, 0.6) is 0 Å². The maximum absolute atomic E-state index is 11.3. The van der Waals surface area contributed by atoms with Gasteiger partial charge in [0.05, 0.1) is 5.52 Å². The molecule has 3 N–H and O–H groups in total. The minimum Gasteiger partial charge on any atom is -0.363 e. The summed E-state index contributed by atoms with van der Waals surface area (Å²) in [6, 6.07) is 25.7. The summed E-state index contributed by atoms with van der Waals surface area (Å²) in [5.74, 6) is 1.13. The minimum atomic E-state index is -0.115. The molecule has 6 nitrogen and oxygen atoms in total. The molecule has 0 saturated heterocycles. The molecule has 0 spiro atoms. The van der Waals surface area contributed by atoms with Crippen LogP contribution >= 0.6 is 0 Å². The van der Waals surface area contributed by atoms with Gasteiger partial charge in [-0.05, 0) is 42.8 Å². The van der Waals surface area contributed by atoms with Gasteiger partial charge in [-0.3, -0.25) is 4.79 Å². The van der Waals surface area contributed by atoms with Crippen LogP contribution in [0.2, 0.25) is 0 Å². The first-order valence-corrected chi connectivity index (χ1v) is 9.81. The summed E-state index contributed by atoms with van der Waals surface area (Å²) >= 11 is 0. The lowest BCUT2D eigenvalue weighted by Gasteiger charge is -2.17. The molecular weight excluding hydrogens is 374 g/mol. The van der Waals surface area contributed by atoms with E-state index in [9.17, 15) is 4.79 Å². The zero-order valence-electron chi connectivity index (χ0n) is 16.9. The lowest BCUT2D eigenvalue weighted by atomic mass is 10.1. The SMILES string of the molecule is CC(=O)Nc1cccc(Nc2nc(N[C@@H](C)c3ccccc3)c3ccccc3n2)c1. The molecule has 0 aliphatic rings. The van der Waals surface area contributed by atoms with Gasteiger partial charge >= 0.3 is 0 Å². The third-order valence-electron chi connectivity index (χ3n) is 4.70. The Bertz CT molecular complexity index is 1180. The first-order chi connectivity index (χ1) is 14.6. The number of fused-ring (bicyclic) bond motifs is 1. The molecule has 1 heterocycles. The summed E-state index contributed by atoms with van der Waals surface area (Å²) < 4.78 is 0. The van der Waals surface area contributed by atoms with Gasteiger partial charge in [0.1, 0.15) is 5.82 Å². The van der Waals surface area contributed by atoms with E-state index in [1.165, 1.54) is 12.5 Å². The van der Waals surface area contributed by atoms with Crippen LogP contribution in [0.15, 0.2) is 78.9 Å². The first kappa shape index (κ1) is 19.4. The third kappa shape index (κ3) is 4.55. The molecule has 0 aliphatic heterocycles. The number of carbonyl (C=O) groups excluding carboxylic acids is 1. The number of benzene rings is 3. The smallest absolute Gasteiger partial charge is 0.229 e. The number of nitrogens with one attached hydrogen (secondary N) is 3. The maximum atomic E-state index is 11.3. The Morgan fingerprint density at radius 3 is 2.40 bits per heavy atom. The second kappa shape index (κ2) is 8.61. The van der Waals surface area contributed by atoms with Crippen LogP contribution in [0.4, 0.5) is 23.1 Å². The summed E-state index contributed by atoms with van der Waals surface area (Å²) in [5, 5.41) is 10.5. The molecule has 1 atom stereocenters. The van der Waals surface area contributed by atoms with Gasteiger partial charge in [-0.1, -0.05) is 48.5 Å². The zero-order chi connectivity index (χ0) is 20.9. The van der Waals surface area contributed by atoms with E-state index in [1.54, 1.807) is 0 Å². The van der Waals surface area contributed by atoms with Gasteiger partial charge in [0.25, 0.3) is 0 Å².